The molecule has 13 heavy (non-hydrogen) atoms. The quantitative estimate of drug-likeness (QED) is 0.515. The molecule has 0 unspecified atom stereocenters. The maximum absolute atomic E-state index is 5.55. The van der Waals surface area contributed by atoms with Crippen molar-refractivity contribution in [3.8, 4) is 0 Å². The summed E-state index contributed by atoms with van der Waals surface area (Å²) in [6, 6.07) is 0. The Bertz CT molecular complexity index is 132. The summed E-state index contributed by atoms with van der Waals surface area (Å²) in [7, 11) is 2.03. The molecule has 1 saturated heterocycles. The van der Waals surface area contributed by atoms with Crippen LogP contribution in [0.4, 0.5) is 0 Å². The van der Waals surface area contributed by atoms with E-state index in [1.54, 1.807) is 0 Å². The average molecular weight is 187 g/mol. The van der Waals surface area contributed by atoms with E-state index in [9.17, 15) is 0 Å². The third-order valence-corrected chi connectivity index (χ3v) is 2.54. The van der Waals surface area contributed by atoms with Gasteiger partial charge >= 0.3 is 0 Å². The molecule has 0 bridgehead atoms. The molecule has 1 aliphatic rings. The third kappa shape index (κ3) is 3.21. The van der Waals surface area contributed by atoms with Gasteiger partial charge in [-0.05, 0) is 0 Å². The highest BCUT2D eigenvalue weighted by Gasteiger charge is 2.17. The lowest BCUT2D eigenvalue weighted by atomic mass is 10.3. The Hall–Kier alpha value is -0.200. The van der Waals surface area contributed by atoms with Crippen LogP contribution in [0.5, 0.6) is 0 Å². The molecule has 1 fully saturated rings. The van der Waals surface area contributed by atoms with Crippen LogP contribution < -0.4 is 11.5 Å². The Balaban J connectivity index is 2.22. The molecular weight excluding hydrogens is 166 g/mol. The van der Waals surface area contributed by atoms with Crippen LogP contribution in [0.3, 0.4) is 0 Å². The topological polar surface area (TPSA) is 61.8 Å². The van der Waals surface area contributed by atoms with Gasteiger partial charge < -0.3 is 11.5 Å². The maximum atomic E-state index is 5.55. The second-order valence-electron chi connectivity index (χ2n) is 3.42. The molecule has 1 rings (SSSR count). The number of nitrogens with two attached hydrogens (primary N) is 2. The molecule has 0 spiro atoms. The monoisotopic (exact) mass is 187 g/mol. The van der Waals surface area contributed by atoms with Crippen molar-refractivity contribution in [2.24, 2.45) is 11.5 Å². The van der Waals surface area contributed by atoms with E-state index in [0.717, 1.165) is 39.3 Å². The van der Waals surface area contributed by atoms with Gasteiger partial charge in [-0.25, -0.2) is 10.0 Å². The predicted molar refractivity (Wildman–Crippen MR) is 53.9 cm³/mol. The van der Waals surface area contributed by atoms with Crippen molar-refractivity contribution in [3.05, 3.63) is 0 Å². The van der Waals surface area contributed by atoms with Gasteiger partial charge in [0.2, 0.25) is 0 Å². The van der Waals surface area contributed by atoms with Crippen molar-refractivity contribution in [3.63, 3.8) is 0 Å². The summed E-state index contributed by atoms with van der Waals surface area (Å²) in [6.07, 6.45) is 0. The summed E-state index contributed by atoms with van der Waals surface area (Å²) in [4.78, 5) is 2.39. The van der Waals surface area contributed by atoms with Crippen LogP contribution in [0.25, 0.3) is 0 Å². The third-order valence-electron chi connectivity index (χ3n) is 2.54. The van der Waals surface area contributed by atoms with Gasteiger partial charge in [0.15, 0.2) is 0 Å². The minimum Gasteiger partial charge on any atom is -0.329 e. The average Bonchev–Trinajstić information content (AvgIpc) is 2.18. The molecule has 0 amide bonds. The zero-order chi connectivity index (χ0) is 9.68. The standard InChI is InChI=1S/C8H21N5/c1-11(8-10)13-6-4-12(3-2-9)5-7-13/h2-10H2,1H3. The smallest absolute Gasteiger partial charge is 0.0595 e. The zero-order valence-corrected chi connectivity index (χ0v) is 8.45. The largest absolute Gasteiger partial charge is 0.329 e. The zero-order valence-electron chi connectivity index (χ0n) is 8.45. The normalized spacial score (nSPS) is 21.2. The molecule has 0 radical (unpaired) electrons. The van der Waals surface area contributed by atoms with E-state index in [4.69, 9.17) is 11.5 Å². The number of hydrogen-bond acceptors (Lipinski definition) is 5. The van der Waals surface area contributed by atoms with Crippen LogP contribution in [0.1, 0.15) is 0 Å². The minimum absolute atomic E-state index is 0.594. The van der Waals surface area contributed by atoms with Gasteiger partial charge in [-0.2, -0.15) is 0 Å². The molecule has 0 saturated carbocycles. The van der Waals surface area contributed by atoms with Gasteiger partial charge in [-0.3, -0.25) is 4.90 Å². The first kappa shape index (κ1) is 10.9. The number of nitrogens with zero attached hydrogens (tertiary/aromatic N) is 3. The van der Waals surface area contributed by atoms with E-state index in [0.29, 0.717) is 6.67 Å². The molecule has 1 heterocycles. The fourth-order valence-corrected chi connectivity index (χ4v) is 1.60. The van der Waals surface area contributed by atoms with Crippen LogP contribution in [-0.2, 0) is 0 Å². The number of piperazine rings is 1. The number of hydrazine groups is 1. The molecule has 5 nitrogen and oxygen atoms in total. The fraction of sp³-hybridized carbons (Fsp3) is 1.00. The predicted octanol–water partition coefficient (Wildman–Crippen LogP) is -1.67. The van der Waals surface area contributed by atoms with Crippen molar-refractivity contribution >= 4 is 0 Å². The molecular formula is C8H21N5. The maximum Gasteiger partial charge on any atom is 0.0595 e. The van der Waals surface area contributed by atoms with Crippen molar-refractivity contribution in [2.75, 3.05) is 53.0 Å². The van der Waals surface area contributed by atoms with E-state index >= 15 is 0 Å². The minimum atomic E-state index is 0.594. The lowest BCUT2D eigenvalue weighted by molar-refractivity contribution is -0.0356. The summed E-state index contributed by atoms with van der Waals surface area (Å²) in [5.74, 6) is 0. The summed E-state index contributed by atoms with van der Waals surface area (Å²) >= 11 is 0. The van der Waals surface area contributed by atoms with E-state index in [-0.39, 0.29) is 0 Å². The van der Waals surface area contributed by atoms with Gasteiger partial charge in [0.05, 0.1) is 6.67 Å². The molecule has 4 N–H and O–H groups in total. The fourth-order valence-electron chi connectivity index (χ4n) is 1.60. The van der Waals surface area contributed by atoms with E-state index < -0.39 is 0 Å². The first-order chi connectivity index (χ1) is 6.27. The molecule has 0 aromatic rings. The van der Waals surface area contributed by atoms with Crippen LogP contribution >= 0.6 is 0 Å². The highest BCUT2D eigenvalue weighted by molar-refractivity contribution is 4.69. The highest BCUT2D eigenvalue weighted by Crippen LogP contribution is 2.01. The van der Waals surface area contributed by atoms with Crippen LogP contribution in [0, 0.1) is 0 Å². The van der Waals surface area contributed by atoms with Crippen molar-refractivity contribution in [2.45, 2.75) is 0 Å². The SMILES string of the molecule is CN(CN)N1CCN(CCN)CC1. The van der Waals surface area contributed by atoms with E-state index in [1.165, 1.54) is 0 Å². The Kier molecular flexibility index (Phi) is 4.61. The van der Waals surface area contributed by atoms with Crippen LogP contribution in [-0.4, -0.2) is 67.9 Å². The van der Waals surface area contributed by atoms with Crippen molar-refractivity contribution in [1.82, 2.24) is 14.9 Å². The molecule has 1 aliphatic heterocycles. The van der Waals surface area contributed by atoms with Crippen LogP contribution in [0.15, 0.2) is 0 Å². The van der Waals surface area contributed by atoms with Gasteiger partial charge in [0.1, 0.15) is 0 Å². The van der Waals surface area contributed by atoms with Crippen molar-refractivity contribution in [1.29, 1.82) is 0 Å². The van der Waals surface area contributed by atoms with E-state index in [1.807, 2.05) is 7.05 Å². The molecule has 5 heteroatoms. The van der Waals surface area contributed by atoms with Crippen molar-refractivity contribution < 1.29 is 0 Å². The Morgan fingerprint density at radius 1 is 1.15 bits per heavy atom. The Morgan fingerprint density at radius 2 is 1.77 bits per heavy atom. The number of rotatable bonds is 4. The van der Waals surface area contributed by atoms with Gasteiger partial charge in [0, 0.05) is 46.3 Å². The second kappa shape index (κ2) is 5.51. The Morgan fingerprint density at radius 3 is 2.23 bits per heavy atom. The van der Waals surface area contributed by atoms with E-state index in [2.05, 4.69) is 14.9 Å². The van der Waals surface area contributed by atoms with Gasteiger partial charge in [0.25, 0.3) is 0 Å². The molecule has 0 aliphatic carbocycles. The molecule has 78 valence electrons. The molecule has 0 aromatic carbocycles. The lowest BCUT2D eigenvalue weighted by Crippen LogP contribution is -2.54. The first-order valence-electron chi connectivity index (χ1n) is 4.86. The molecule has 0 atom stereocenters. The lowest BCUT2D eigenvalue weighted by Gasteiger charge is -2.38. The second-order valence-corrected chi connectivity index (χ2v) is 3.42. The van der Waals surface area contributed by atoms with Crippen LogP contribution in [0.2, 0.25) is 0 Å². The summed E-state index contributed by atoms with van der Waals surface area (Å²) in [6.45, 7) is 6.69. The summed E-state index contributed by atoms with van der Waals surface area (Å²) in [5.41, 5.74) is 11.0. The Labute approximate surface area is 80.2 Å². The van der Waals surface area contributed by atoms with Gasteiger partial charge in [-0.1, -0.05) is 0 Å². The summed E-state index contributed by atoms with van der Waals surface area (Å²) in [5, 5.41) is 4.35. The van der Waals surface area contributed by atoms with Gasteiger partial charge in [-0.15, -0.1) is 0 Å². The first-order valence-corrected chi connectivity index (χ1v) is 4.86. The summed E-state index contributed by atoms with van der Waals surface area (Å²) < 4.78 is 0. The molecule has 0 aromatic heterocycles. The number of hydrogen-bond donors (Lipinski definition) is 2. The highest BCUT2D eigenvalue weighted by atomic mass is 15.6.